The third-order valence-electron chi connectivity index (χ3n) is 3.96. The van der Waals surface area contributed by atoms with Crippen LogP contribution in [-0.2, 0) is 16.6 Å². The van der Waals surface area contributed by atoms with Gasteiger partial charge in [0.2, 0.25) is 15.9 Å². The van der Waals surface area contributed by atoms with Gasteiger partial charge in [0.05, 0.1) is 16.3 Å². The molecule has 0 saturated heterocycles. The molecule has 3 aromatic rings. The van der Waals surface area contributed by atoms with Gasteiger partial charge in [-0.1, -0.05) is 5.16 Å². The first-order valence-electron chi connectivity index (χ1n) is 7.87. The average molecular weight is 379 g/mol. The SMILES string of the molecule is Cc1cc(-c2cc(S(=O)(=O)NCc3nc(C4CC4)no3)c(C)s2)n[nH]1. The molecule has 0 atom stereocenters. The first kappa shape index (κ1) is 16.4. The van der Waals surface area contributed by atoms with Crippen LogP contribution in [0.4, 0.5) is 0 Å². The largest absolute Gasteiger partial charge is 0.338 e. The molecule has 0 spiro atoms. The van der Waals surface area contributed by atoms with Crippen LogP contribution in [0.2, 0.25) is 0 Å². The number of aryl methyl sites for hydroxylation is 2. The molecule has 0 unspecified atom stereocenters. The molecule has 3 heterocycles. The summed E-state index contributed by atoms with van der Waals surface area (Å²) >= 11 is 1.39. The highest BCUT2D eigenvalue weighted by Crippen LogP contribution is 2.38. The van der Waals surface area contributed by atoms with Crippen molar-refractivity contribution in [2.45, 2.75) is 44.0 Å². The molecular formula is C15H17N5O3S2. The number of nitrogens with zero attached hydrogens (tertiary/aromatic N) is 3. The van der Waals surface area contributed by atoms with Gasteiger partial charge in [-0.25, -0.2) is 13.1 Å². The van der Waals surface area contributed by atoms with E-state index in [9.17, 15) is 8.42 Å². The topological polar surface area (TPSA) is 114 Å². The van der Waals surface area contributed by atoms with E-state index in [1.807, 2.05) is 13.0 Å². The molecule has 10 heteroatoms. The van der Waals surface area contributed by atoms with E-state index in [-0.39, 0.29) is 17.3 Å². The summed E-state index contributed by atoms with van der Waals surface area (Å²) in [6.07, 6.45) is 2.13. The van der Waals surface area contributed by atoms with E-state index < -0.39 is 10.0 Å². The molecule has 1 fully saturated rings. The zero-order valence-electron chi connectivity index (χ0n) is 13.7. The number of nitrogens with one attached hydrogen (secondary N) is 2. The lowest BCUT2D eigenvalue weighted by Crippen LogP contribution is -2.23. The number of hydrogen-bond acceptors (Lipinski definition) is 7. The first-order valence-corrected chi connectivity index (χ1v) is 10.2. The maximum absolute atomic E-state index is 12.6. The summed E-state index contributed by atoms with van der Waals surface area (Å²) in [5.41, 5.74) is 1.66. The molecular weight excluding hydrogens is 362 g/mol. The van der Waals surface area contributed by atoms with Gasteiger partial charge in [-0.2, -0.15) is 10.1 Å². The Balaban J connectivity index is 1.52. The molecule has 1 saturated carbocycles. The molecule has 0 amide bonds. The van der Waals surface area contributed by atoms with Gasteiger partial charge >= 0.3 is 0 Å². The Morgan fingerprint density at radius 2 is 2.16 bits per heavy atom. The Hall–Kier alpha value is -2.04. The van der Waals surface area contributed by atoms with Gasteiger partial charge in [-0.05, 0) is 38.8 Å². The Kier molecular flexibility index (Phi) is 3.97. The fourth-order valence-corrected chi connectivity index (χ4v) is 5.01. The molecule has 8 nitrogen and oxygen atoms in total. The van der Waals surface area contributed by atoms with Gasteiger partial charge in [0.1, 0.15) is 5.69 Å². The summed E-state index contributed by atoms with van der Waals surface area (Å²) < 4.78 is 32.8. The minimum absolute atomic E-state index is 0.0197. The maximum atomic E-state index is 12.6. The maximum Gasteiger partial charge on any atom is 0.242 e. The van der Waals surface area contributed by atoms with Crippen molar-refractivity contribution in [1.82, 2.24) is 25.1 Å². The highest BCUT2D eigenvalue weighted by molar-refractivity contribution is 7.89. The summed E-state index contributed by atoms with van der Waals surface area (Å²) in [6.45, 7) is 3.66. The summed E-state index contributed by atoms with van der Waals surface area (Å²) in [7, 11) is -3.67. The summed E-state index contributed by atoms with van der Waals surface area (Å²) in [4.78, 5) is 5.98. The minimum atomic E-state index is -3.67. The third kappa shape index (κ3) is 3.37. The number of aromatic nitrogens is 4. The van der Waals surface area contributed by atoms with Crippen LogP contribution in [0.15, 0.2) is 21.6 Å². The smallest absolute Gasteiger partial charge is 0.242 e. The Labute approximate surface area is 148 Å². The lowest BCUT2D eigenvalue weighted by atomic mass is 10.3. The number of H-pyrrole nitrogens is 1. The van der Waals surface area contributed by atoms with Crippen LogP contribution in [0.25, 0.3) is 10.6 Å². The van der Waals surface area contributed by atoms with E-state index in [4.69, 9.17) is 4.52 Å². The van der Waals surface area contributed by atoms with Gasteiger partial charge in [0.25, 0.3) is 0 Å². The van der Waals surface area contributed by atoms with Gasteiger partial charge in [0, 0.05) is 16.5 Å². The molecule has 4 rings (SSSR count). The average Bonchev–Trinajstić information content (AvgIpc) is 2.96. The van der Waals surface area contributed by atoms with Gasteiger partial charge in [-0.3, -0.25) is 5.10 Å². The molecule has 0 bridgehead atoms. The van der Waals surface area contributed by atoms with E-state index in [2.05, 4.69) is 25.1 Å². The fraction of sp³-hybridized carbons (Fsp3) is 0.400. The predicted octanol–water partition coefficient (Wildman–Crippen LogP) is 2.49. The van der Waals surface area contributed by atoms with Crippen molar-refractivity contribution in [3.8, 4) is 10.6 Å². The van der Waals surface area contributed by atoms with Gasteiger partial charge in [0.15, 0.2) is 5.82 Å². The van der Waals surface area contributed by atoms with E-state index in [0.29, 0.717) is 16.6 Å². The van der Waals surface area contributed by atoms with E-state index in [0.717, 1.165) is 29.1 Å². The van der Waals surface area contributed by atoms with Crippen molar-refractivity contribution >= 4 is 21.4 Å². The molecule has 0 radical (unpaired) electrons. The molecule has 0 aromatic carbocycles. The number of rotatable bonds is 6. The first-order chi connectivity index (χ1) is 11.9. The van der Waals surface area contributed by atoms with Gasteiger partial charge < -0.3 is 4.52 Å². The summed E-state index contributed by atoms with van der Waals surface area (Å²) in [5, 5.41) is 10.9. The molecule has 1 aliphatic rings. The highest BCUT2D eigenvalue weighted by atomic mass is 32.2. The Bertz CT molecular complexity index is 1010. The van der Waals surface area contributed by atoms with Crippen LogP contribution in [-0.4, -0.2) is 28.8 Å². The van der Waals surface area contributed by atoms with Crippen LogP contribution in [0, 0.1) is 13.8 Å². The van der Waals surface area contributed by atoms with Crippen LogP contribution >= 0.6 is 11.3 Å². The molecule has 0 aliphatic heterocycles. The Morgan fingerprint density at radius 1 is 1.36 bits per heavy atom. The molecule has 25 heavy (non-hydrogen) atoms. The lowest BCUT2D eigenvalue weighted by Gasteiger charge is -2.03. The van der Waals surface area contributed by atoms with Crippen molar-refractivity contribution in [3.63, 3.8) is 0 Å². The second kappa shape index (κ2) is 6.04. The molecule has 3 aromatic heterocycles. The molecule has 1 aliphatic carbocycles. The van der Waals surface area contributed by atoms with Crippen LogP contribution in [0.5, 0.6) is 0 Å². The zero-order valence-corrected chi connectivity index (χ0v) is 15.4. The normalized spacial score (nSPS) is 15.0. The van der Waals surface area contributed by atoms with Crippen LogP contribution < -0.4 is 4.72 Å². The predicted molar refractivity (Wildman–Crippen MR) is 91.7 cm³/mol. The van der Waals surface area contributed by atoms with Crippen LogP contribution in [0.1, 0.15) is 41.0 Å². The number of hydrogen-bond donors (Lipinski definition) is 2. The third-order valence-corrected chi connectivity index (χ3v) is 6.69. The summed E-state index contributed by atoms with van der Waals surface area (Å²) in [6, 6.07) is 3.52. The van der Waals surface area contributed by atoms with Crippen molar-refractivity contribution in [1.29, 1.82) is 0 Å². The van der Waals surface area contributed by atoms with Crippen LogP contribution in [0.3, 0.4) is 0 Å². The number of aromatic amines is 1. The van der Waals surface area contributed by atoms with Crippen molar-refractivity contribution < 1.29 is 12.9 Å². The summed E-state index contributed by atoms with van der Waals surface area (Å²) in [5.74, 6) is 1.31. The minimum Gasteiger partial charge on any atom is -0.338 e. The number of sulfonamides is 1. The van der Waals surface area contributed by atoms with E-state index >= 15 is 0 Å². The highest BCUT2D eigenvalue weighted by Gasteiger charge is 2.29. The Morgan fingerprint density at radius 3 is 2.84 bits per heavy atom. The van der Waals surface area contributed by atoms with E-state index in [1.165, 1.54) is 11.3 Å². The second-order valence-corrected chi connectivity index (χ2v) is 9.10. The van der Waals surface area contributed by atoms with Crippen molar-refractivity contribution in [3.05, 3.63) is 34.4 Å². The number of thiophene rings is 1. The quantitative estimate of drug-likeness (QED) is 0.680. The standard InChI is InChI=1S/C15H17N5O3S2/c1-8-5-11(19-18-8)12-6-13(9(2)24-12)25(21,22)16-7-14-17-15(20-23-14)10-3-4-10/h5-6,10,16H,3-4,7H2,1-2H3,(H,18,19). The second-order valence-electron chi connectivity index (χ2n) is 6.11. The lowest BCUT2D eigenvalue weighted by molar-refractivity contribution is 0.370. The van der Waals surface area contributed by atoms with E-state index in [1.54, 1.807) is 13.0 Å². The zero-order chi connectivity index (χ0) is 17.6. The molecule has 2 N–H and O–H groups in total. The monoisotopic (exact) mass is 379 g/mol. The fourth-order valence-electron chi connectivity index (χ4n) is 2.48. The van der Waals surface area contributed by atoms with Gasteiger partial charge in [-0.15, -0.1) is 11.3 Å². The molecule has 132 valence electrons. The van der Waals surface area contributed by atoms with Crippen molar-refractivity contribution in [2.75, 3.05) is 0 Å². The van der Waals surface area contributed by atoms with Crippen molar-refractivity contribution in [2.24, 2.45) is 0 Å².